The molecule has 1 fully saturated rings. The highest BCUT2D eigenvalue weighted by atomic mass is 79.9. The van der Waals surface area contributed by atoms with Crippen LogP contribution >= 0.6 is 15.9 Å². The average molecular weight is 627 g/mol. The van der Waals surface area contributed by atoms with Gasteiger partial charge in [0.25, 0.3) is 11.8 Å². The molecule has 1 heterocycles. The summed E-state index contributed by atoms with van der Waals surface area (Å²) in [7, 11) is 0. The number of hydrogen-bond acceptors (Lipinski definition) is 6. The van der Waals surface area contributed by atoms with Gasteiger partial charge in [0.05, 0.1) is 12.3 Å². The molecule has 1 aliphatic rings. The third-order valence-electron chi connectivity index (χ3n) is 6.34. The zero-order valence-electron chi connectivity index (χ0n) is 22.7. The van der Waals surface area contributed by atoms with Gasteiger partial charge >= 0.3 is 6.03 Å². The van der Waals surface area contributed by atoms with Crippen LogP contribution in [0.4, 0.5) is 10.5 Å². The van der Waals surface area contributed by atoms with E-state index in [0.29, 0.717) is 41.7 Å². The van der Waals surface area contributed by atoms with E-state index in [1.807, 2.05) is 55.5 Å². The lowest BCUT2D eigenvalue weighted by Crippen LogP contribution is -2.54. The Balaban J connectivity index is 1.34. The Bertz CT molecular complexity index is 1640. The van der Waals surface area contributed by atoms with Gasteiger partial charge in [0.15, 0.2) is 11.5 Å². The normalized spacial score (nSPS) is 14.1. The van der Waals surface area contributed by atoms with Crippen LogP contribution in [0.5, 0.6) is 17.2 Å². The lowest BCUT2D eigenvalue weighted by molar-refractivity contribution is -0.122. The Morgan fingerprint density at radius 3 is 2.19 bits per heavy atom. The molecule has 1 saturated heterocycles. The highest BCUT2D eigenvalue weighted by molar-refractivity contribution is 9.10. The van der Waals surface area contributed by atoms with Crippen LogP contribution < -0.4 is 24.4 Å². The summed E-state index contributed by atoms with van der Waals surface area (Å²) in [6.07, 6.45) is 1.43. The number of carbonyl (C=O) groups is 3. The minimum absolute atomic E-state index is 0.188. The number of nitrogens with zero attached hydrogens (tertiary/aromatic N) is 1. The SMILES string of the molecule is CCOc1cc(COc2ccccc2/C=C2\C(=O)NC(=O)N(c3ccc(Br)cc3)C2=O)ccc1OCc1ccccc1. The van der Waals surface area contributed by atoms with Gasteiger partial charge in [-0.15, -0.1) is 0 Å². The first-order chi connectivity index (χ1) is 20.4. The van der Waals surface area contributed by atoms with Crippen LogP contribution in [0, 0.1) is 0 Å². The van der Waals surface area contributed by atoms with E-state index in [1.165, 1.54) is 6.08 Å². The maximum Gasteiger partial charge on any atom is 0.335 e. The van der Waals surface area contributed by atoms with Gasteiger partial charge in [-0.3, -0.25) is 14.9 Å². The van der Waals surface area contributed by atoms with Crippen molar-refractivity contribution in [1.29, 1.82) is 0 Å². The monoisotopic (exact) mass is 626 g/mol. The first-order valence-corrected chi connectivity index (χ1v) is 14.0. The summed E-state index contributed by atoms with van der Waals surface area (Å²) in [5.41, 5.74) is 2.55. The molecule has 1 N–H and O–H groups in total. The van der Waals surface area contributed by atoms with Crippen LogP contribution in [-0.4, -0.2) is 24.5 Å². The number of anilines is 1. The van der Waals surface area contributed by atoms with E-state index >= 15 is 0 Å². The van der Waals surface area contributed by atoms with Crippen molar-refractivity contribution in [3.05, 3.63) is 124 Å². The Labute approximate surface area is 251 Å². The number of nitrogens with one attached hydrogen (secondary N) is 1. The zero-order chi connectivity index (χ0) is 29.5. The van der Waals surface area contributed by atoms with Crippen LogP contribution in [0.3, 0.4) is 0 Å². The molecular weight excluding hydrogens is 600 g/mol. The van der Waals surface area contributed by atoms with E-state index in [1.54, 1.807) is 48.5 Å². The molecule has 5 rings (SSSR count). The second kappa shape index (κ2) is 13.2. The van der Waals surface area contributed by atoms with Crippen molar-refractivity contribution >= 4 is 45.5 Å². The third-order valence-corrected chi connectivity index (χ3v) is 6.87. The summed E-state index contributed by atoms with van der Waals surface area (Å²) in [5.74, 6) is 0.183. The van der Waals surface area contributed by atoms with Crippen molar-refractivity contribution in [1.82, 2.24) is 5.32 Å². The number of para-hydroxylation sites is 1. The number of barbiturate groups is 1. The third kappa shape index (κ3) is 6.70. The van der Waals surface area contributed by atoms with E-state index in [-0.39, 0.29) is 12.2 Å². The Kier molecular flexibility index (Phi) is 8.99. The van der Waals surface area contributed by atoms with Crippen molar-refractivity contribution in [2.45, 2.75) is 20.1 Å². The predicted molar refractivity (Wildman–Crippen MR) is 162 cm³/mol. The molecule has 212 valence electrons. The number of amides is 4. The second-order valence-corrected chi connectivity index (χ2v) is 10.2. The summed E-state index contributed by atoms with van der Waals surface area (Å²) in [4.78, 5) is 39.4. The molecule has 0 unspecified atom stereocenters. The van der Waals surface area contributed by atoms with Crippen molar-refractivity contribution in [2.75, 3.05) is 11.5 Å². The summed E-state index contributed by atoms with van der Waals surface area (Å²) < 4.78 is 18.7. The second-order valence-electron chi connectivity index (χ2n) is 9.25. The van der Waals surface area contributed by atoms with Gasteiger partial charge in [-0.05, 0) is 66.6 Å². The molecular formula is C33H27BrN2O6. The van der Waals surface area contributed by atoms with Crippen molar-refractivity contribution in [3.8, 4) is 17.2 Å². The molecule has 0 atom stereocenters. The highest BCUT2D eigenvalue weighted by Gasteiger charge is 2.37. The molecule has 0 aliphatic carbocycles. The largest absolute Gasteiger partial charge is 0.490 e. The summed E-state index contributed by atoms with van der Waals surface area (Å²) >= 11 is 3.34. The number of carbonyl (C=O) groups excluding carboxylic acids is 3. The Hall–Kier alpha value is -4.89. The number of benzene rings is 4. The van der Waals surface area contributed by atoms with Crippen LogP contribution in [0.1, 0.15) is 23.6 Å². The number of hydrogen-bond donors (Lipinski definition) is 1. The van der Waals surface area contributed by atoms with Crippen molar-refractivity contribution < 1.29 is 28.6 Å². The lowest BCUT2D eigenvalue weighted by Gasteiger charge is -2.26. The number of urea groups is 1. The van der Waals surface area contributed by atoms with E-state index < -0.39 is 17.8 Å². The lowest BCUT2D eigenvalue weighted by atomic mass is 10.1. The van der Waals surface area contributed by atoms with E-state index in [9.17, 15) is 14.4 Å². The first-order valence-electron chi connectivity index (χ1n) is 13.2. The van der Waals surface area contributed by atoms with Gasteiger partial charge in [0, 0.05) is 10.0 Å². The fraction of sp³-hybridized carbons (Fsp3) is 0.121. The van der Waals surface area contributed by atoms with E-state index in [2.05, 4.69) is 21.2 Å². The van der Waals surface area contributed by atoms with E-state index in [4.69, 9.17) is 14.2 Å². The first kappa shape index (κ1) is 28.6. The van der Waals surface area contributed by atoms with Crippen LogP contribution in [0.2, 0.25) is 0 Å². The van der Waals surface area contributed by atoms with Gasteiger partial charge in [-0.25, -0.2) is 9.69 Å². The van der Waals surface area contributed by atoms with Crippen molar-refractivity contribution in [3.63, 3.8) is 0 Å². The molecule has 0 radical (unpaired) electrons. The van der Waals surface area contributed by atoms with Gasteiger partial charge in [0.2, 0.25) is 0 Å². The molecule has 4 aromatic rings. The predicted octanol–water partition coefficient (Wildman–Crippen LogP) is 6.67. The fourth-order valence-corrected chi connectivity index (χ4v) is 4.56. The molecule has 4 aromatic carbocycles. The number of rotatable bonds is 10. The summed E-state index contributed by atoms with van der Waals surface area (Å²) in [5, 5.41) is 2.25. The molecule has 1 aliphatic heterocycles. The van der Waals surface area contributed by atoms with Crippen molar-refractivity contribution in [2.24, 2.45) is 0 Å². The maximum atomic E-state index is 13.3. The molecule has 0 saturated carbocycles. The molecule has 8 nitrogen and oxygen atoms in total. The highest BCUT2D eigenvalue weighted by Crippen LogP contribution is 2.31. The Morgan fingerprint density at radius 2 is 1.43 bits per heavy atom. The average Bonchev–Trinajstić information content (AvgIpc) is 3.00. The van der Waals surface area contributed by atoms with Gasteiger partial charge < -0.3 is 14.2 Å². The minimum atomic E-state index is -0.810. The molecule has 4 amide bonds. The molecule has 0 aromatic heterocycles. The van der Waals surface area contributed by atoms with Crippen LogP contribution in [0.15, 0.2) is 107 Å². The Morgan fingerprint density at radius 1 is 0.738 bits per heavy atom. The standard InChI is InChI=1S/C33H27BrN2O6/c1-2-40-30-18-23(12-17-29(30)42-20-22-8-4-3-5-9-22)21-41-28-11-7-6-10-24(28)19-27-31(37)35-33(39)36(32(27)38)26-15-13-25(34)14-16-26/h3-19H,2,20-21H2,1H3,(H,35,37,39)/b27-19+. The van der Waals surface area contributed by atoms with Crippen LogP contribution in [0.25, 0.3) is 6.08 Å². The molecule has 42 heavy (non-hydrogen) atoms. The molecule has 0 bridgehead atoms. The minimum Gasteiger partial charge on any atom is -0.490 e. The fourth-order valence-electron chi connectivity index (χ4n) is 4.30. The molecule has 0 spiro atoms. The van der Waals surface area contributed by atoms with Gasteiger partial charge in [-0.1, -0.05) is 70.5 Å². The number of ether oxygens (including phenoxy) is 3. The summed E-state index contributed by atoms with van der Waals surface area (Å²) in [6, 6.07) is 28.4. The maximum absolute atomic E-state index is 13.3. The number of imide groups is 2. The zero-order valence-corrected chi connectivity index (χ0v) is 24.3. The van der Waals surface area contributed by atoms with E-state index in [0.717, 1.165) is 20.5 Å². The van der Waals surface area contributed by atoms with Crippen LogP contribution in [-0.2, 0) is 22.8 Å². The number of halogens is 1. The topological polar surface area (TPSA) is 94.2 Å². The molecule has 9 heteroatoms. The van der Waals surface area contributed by atoms with Gasteiger partial charge in [0.1, 0.15) is 24.5 Å². The smallest absolute Gasteiger partial charge is 0.335 e. The quantitative estimate of drug-likeness (QED) is 0.156. The van der Waals surface area contributed by atoms with Gasteiger partial charge in [-0.2, -0.15) is 0 Å². The summed E-state index contributed by atoms with van der Waals surface area (Å²) in [6.45, 7) is 2.99.